The summed E-state index contributed by atoms with van der Waals surface area (Å²) in [5, 5.41) is 8.29. The average molecular weight is 478 g/mol. The first-order valence-corrected chi connectivity index (χ1v) is 12.9. The van der Waals surface area contributed by atoms with E-state index in [0.717, 1.165) is 55.2 Å². The Morgan fingerprint density at radius 1 is 1.33 bits per heavy atom. The van der Waals surface area contributed by atoms with Crippen LogP contribution in [-0.4, -0.2) is 82.4 Å². The van der Waals surface area contributed by atoms with Crippen molar-refractivity contribution >= 4 is 23.4 Å². The van der Waals surface area contributed by atoms with Gasteiger partial charge in [0.05, 0.1) is 30.5 Å². The van der Waals surface area contributed by atoms with Crippen molar-refractivity contribution in [1.82, 2.24) is 24.8 Å². The largest absolute Gasteiger partial charge is 0.444 e. The second-order valence-electron chi connectivity index (χ2n) is 9.59. The molecule has 2 fully saturated rings. The highest BCUT2D eigenvalue weighted by molar-refractivity contribution is 7.98. The number of thioether (sulfide) groups is 1. The van der Waals surface area contributed by atoms with Crippen LogP contribution < -0.4 is 5.32 Å². The van der Waals surface area contributed by atoms with Crippen LogP contribution in [-0.2, 0) is 14.2 Å². The summed E-state index contributed by atoms with van der Waals surface area (Å²) < 4.78 is 19.5. The molecule has 0 aromatic carbocycles. The lowest BCUT2D eigenvalue weighted by Crippen LogP contribution is -2.49. The number of nitrogens with one attached hydrogen (secondary N) is 1. The van der Waals surface area contributed by atoms with E-state index in [-0.39, 0.29) is 24.3 Å². The van der Waals surface area contributed by atoms with Gasteiger partial charge >= 0.3 is 6.09 Å². The molecule has 2 aliphatic heterocycles. The molecule has 182 valence electrons. The van der Waals surface area contributed by atoms with Crippen LogP contribution in [0.4, 0.5) is 4.79 Å². The van der Waals surface area contributed by atoms with Gasteiger partial charge in [-0.1, -0.05) is 0 Å². The number of hydrogen-bond donors (Lipinski definition) is 1. The first kappa shape index (κ1) is 24.3. The first-order valence-electron chi connectivity index (χ1n) is 11.6. The number of alkyl carbamates (subject to hydrolysis) is 1. The molecule has 0 bridgehead atoms. The molecular weight excluding hydrogens is 442 g/mol. The first-order chi connectivity index (χ1) is 15.8. The molecule has 4 heterocycles. The monoisotopic (exact) mass is 477 g/mol. The predicted octanol–water partition coefficient (Wildman–Crippen LogP) is 3.29. The fourth-order valence-electron chi connectivity index (χ4n) is 4.50. The van der Waals surface area contributed by atoms with Crippen LogP contribution in [0.25, 0.3) is 5.52 Å². The van der Waals surface area contributed by atoms with Gasteiger partial charge in [-0.2, -0.15) is 5.10 Å². The fraction of sp³-hybridized carbons (Fsp3) is 0.696. The SMILES string of the molecule is CSc1ncnn2c([C@H]3CC[C@@H](CN4CCOC[C@H]4CCNC(=O)OC(C)(C)C)O3)ccc12. The van der Waals surface area contributed by atoms with Crippen LogP contribution in [0, 0.1) is 0 Å². The molecule has 10 heteroatoms. The topological polar surface area (TPSA) is 90.2 Å². The van der Waals surface area contributed by atoms with Gasteiger partial charge in [0.1, 0.15) is 23.1 Å². The maximum absolute atomic E-state index is 11.9. The molecule has 2 saturated heterocycles. The summed E-state index contributed by atoms with van der Waals surface area (Å²) in [5.41, 5.74) is 1.62. The molecular formula is C23H35N5O4S. The van der Waals surface area contributed by atoms with Crippen LogP contribution in [0.15, 0.2) is 23.5 Å². The summed E-state index contributed by atoms with van der Waals surface area (Å²) in [4.78, 5) is 18.7. The number of ether oxygens (including phenoxy) is 3. The molecule has 0 saturated carbocycles. The number of carbonyl (C=O) groups excluding carboxylic acids is 1. The van der Waals surface area contributed by atoms with E-state index in [1.165, 1.54) is 0 Å². The highest BCUT2D eigenvalue weighted by atomic mass is 32.2. The van der Waals surface area contributed by atoms with E-state index in [1.54, 1.807) is 18.1 Å². The van der Waals surface area contributed by atoms with Gasteiger partial charge in [0.25, 0.3) is 0 Å². The zero-order valence-electron chi connectivity index (χ0n) is 20.0. The molecule has 2 aromatic heterocycles. The number of rotatable bonds is 7. The molecule has 2 aliphatic rings. The highest BCUT2D eigenvalue weighted by Crippen LogP contribution is 2.35. The number of hydrogen-bond acceptors (Lipinski definition) is 8. The van der Waals surface area contributed by atoms with Gasteiger partial charge in [-0.25, -0.2) is 14.3 Å². The minimum Gasteiger partial charge on any atom is -0.444 e. The third kappa shape index (κ3) is 6.17. The van der Waals surface area contributed by atoms with E-state index in [1.807, 2.05) is 31.5 Å². The number of fused-ring (bicyclic) bond motifs is 1. The van der Waals surface area contributed by atoms with Gasteiger partial charge < -0.3 is 19.5 Å². The maximum Gasteiger partial charge on any atom is 0.407 e. The molecule has 3 atom stereocenters. The van der Waals surface area contributed by atoms with Crippen LogP contribution in [0.3, 0.4) is 0 Å². The Balaban J connectivity index is 1.31. The minimum atomic E-state index is -0.491. The van der Waals surface area contributed by atoms with Crippen LogP contribution in [0.1, 0.15) is 51.8 Å². The van der Waals surface area contributed by atoms with E-state index in [9.17, 15) is 4.79 Å². The Morgan fingerprint density at radius 2 is 2.18 bits per heavy atom. The van der Waals surface area contributed by atoms with E-state index < -0.39 is 5.60 Å². The van der Waals surface area contributed by atoms with Crippen molar-refractivity contribution in [1.29, 1.82) is 0 Å². The summed E-state index contributed by atoms with van der Waals surface area (Å²) in [6.07, 6.45) is 6.27. The summed E-state index contributed by atoms with van der Waals surface area (Å²) >= 11 is 1.62. The molecule has 0 unspecified atom stereocenters. The normalized spacial score (nSPS) is 24.3. The van der Waals surface area contributed by atoms with Gasteiger partial charge in [0.2, 0.25) is 0 Å². The number of morpholine rings is 1. The van der Waals surface area contributed by atoms with Crippen LogP contribution >= 0.6 is 11.8 Å². The predicted molar refractivity (Wildman–Crippen MR) is 127 cm³/mol. The Hall–Kier alpha value is -1.88. The van der Waals surface area contributed by atoms with Gasteiger partial charge in [-0.3, -0.25) is 4.90 Å². The van der Waals surface area contributed by atoms with Crippen molar-refractivity contribution in [3.05, 3.63) is 24.2 Å². The smallest absolute Gasteiger partial charge is 0.407 e. The van der Waals surface area contributed by atoms with Crippen molar-refractivity contribution in [3.8, 4) is 0 Å². The molecule has 0 spiro atoms. The summed E-state index contributed by atoms with van der Waals surface area (Å²) in [5.74, 6) is 0. The molecule has 9 nitrogen and oxygen atoms in total. The molecule has 0 aliphatic carbocycles. The summed E-state index contributed by atoms with van der Waals surface area (Å²) in [6.45, 7) is 9.29. The molecule has 0 radical (unpaired) electrons. The molecule has 1 amide bonds. The Kier molecular flexibility index (Phi) is 7.78. The van der Waals surface area contributed by atoms with Crippen molar-refractivity contribution in [2.45, 2.75) is 68.9 Å². The van der Waals surface area contributed by atoms with E-state index >= 15 is 0 Å². The van der Waals surface area contributed by atoms with E-state index in [2.05, 4.69) is 32.4 Å². The second kappa shape index (κ2) is 10.6. The van der Waals surface area contributed by atoms with Crippen molar-refractivity contribution in [2.24, 2.45) is 0 Å². The van der Waals surface area contributed by atoms with Crippen molar-refractivity contribution < 1.29 is 19.0 Å². The van der Waals surface area contributed by atoms with Gasteiger partial charge in [-0.05, 0) is 58.4 Å². The Bertz CT molecular complexity index is 947. The second-order valence-corrected chi connectivity index (χ2v) is 10.4. The van der Waals surface area contributed by atoms with Gasteiger partial charge in [-0.15, -0.1) is 11.8 Å². The lowest BCUT2D eigenvalue weighted by atomic mass is 10.1. The lowest BCUT2D eigenvalue weighted by Gasteiger charge is -2.37. The summed E-state index contributed by atoms with van der Waals surface area (Å²) in [7, 11) is 0. The van der Waals surface area contributed by atoms with Crippen molar-refractivity contribution in [2.75, 3.05) is 39.1 Å². The van der Waals surface area contributed by atoms with Gasteiger partial charge in [0.15, 0.2) is 0 Å². The maximum atomic E-state index is 11.9. The number of amides is 1. The van der Waals surface area contributed by atoms with E-state index in [0.29, 0.717) is 13.2 Å². The highest BCUT2D eigenvalue weighted by Gasteiger charge is 2.33. The van der Waals surface area contributed by atoms with E-state index in [4.69, 9.17) is 14.2 Å². The summed E-state index contributed by atoms with van der Waals surface area (Å²) in [6, 6.07) is 4.44. The van der Waals surface area contributed by atoms with Crippen LogP contribution in [0.5, 0.6) is 0 Å². The molecule has 1 N–H and O–H groups in total. The zero-order valence-corrected chi connectivity index (χ0v) is 20.8. The number of carbonyl (C=O) groups is 1. The average Bonchev–Trinajstić information content (AvgIpc) is 3.40. The molecule has 33 heavy (non-hydrogen) atoms. The fourth-order valence-corrected chi connectivity index (χ4v) is 5.02. The Morgan fingerprint density at radius 3 is 2.97 bits per heavy atom. The van der Waals surface area contributed by atoms with Crippen molar-refractivity contribution in [3.63, 3.8) is 0 Å². The molecule has 4 rings (SSSR count). The number of nitrogens with zero attached hydrogens (tertiary/aromatic N) is 4. The molecule has 2 aromatic rings. The third-order valence-corrected chi connectivity index (χ3v) is 6.71. The Labute approximate surface area is 199 Å². The third-order valence-electron chi connectivity index (χ3n) is 6.01. The zero-order chi connectivity index (χ0) is 23.4. The lowest BCUT2D eigenvalue weighted by molar-refractivity contribution is -0.0440. The standard InChI is InChI=1S/C23H35N5O4S/c1-23(2,3)32-22(29)24-10-9-16-14-30-12-11-27(16)13-17-5-8-20(31-17)18-6-7-19-21(33-4)25-15-26-28(18)19/h6-7,15-17,20H,5,8-14H2,1-4H3,(H,24,29)/t16-,17+,20-/m1/s1. The minimum absolute atomic E-state index is 0.0374. The number of aromatic nitrogens is 3. The van der Waals surface area contributed by atoms with Gasteiger partial charge in [0, 0.05) is 25.7 Å². The van der Waals surface area contributed by atoms with Crippen LogP contribution in [0.2, 0.25) is 0 Å². The quantitative estimate of drug-likeness (QED) is 0.608.